The lowest BCUT2D eigenvalue weighted by molar-refractivity contribution is 0.0996. The maximum atomic E-state index is 11.8. The van der Waals surface area contributed by atoms with Crippen LogP contribution in [0.3, 0.4) is 0 Å². The third kappa shape index (κ3) is 3.44. The van der Waals surface area contributed by atoms with Gasteiger partial charge in [0.05, 0.1) is 4.70 Å². The molecule has 1 amide bonds. The molecule has 0 aliphatic carbocycles. The highest BCUT2D eigenvalue weighted by Crippen LogP contribution is 2.38. The minimum Gasteiger partial charge on any atom is -0.364 e. The zero-order chi connectivity index (χ0) is 18.1. The van der Waals surface area contributed by atoms with Crippen molar-refractivity contribution in [1.82, 2.24) is 15.5 Å². The van der Waals surface area contributed by atoms with Gasteiger partial charge in [-0.3, -0.25) is 4.79 Å². The van der Waals surface area contributed by atoms with Gasteiger partial charge in [-0.05, 0) is 43.1 Å². The monoisotopic (exact) mass is 431 g/mol. The molecule has 1 unspecified atom stereocenters. The number of benzene rings is 1. The first-order valence-electron chi connectivity index (χ1n) is 8.45. The van der Waals surface area contributed by atoms with Crippen LogP contribution in [0.2, 0.25) is 0 Å². The molecule has 4 rings (SSSR count). The van der Waals surface area contributed by atoms with Crippen molar-refractivity contribution >= 4 is 49.1 Å². The van der Waals surface area contributed by atoms with Gasteiger partial charge in [0, 0.05) is 27.3 Å². The van der Waals surface area contributed by atoms with Crippen LogP contribution < -0.4 is 16.4 Å². The van der Waals surface area contributed by atoms with Crippen LogP contribution in [0.1, 0.15) is 23.3 Å². The molecule has 0 radical (unpaired) electrons. The molecule has 1 aliphatic heterocycles. The summed E-state index contributed by atoms with van der Waals surface area (Å²) in [5, 5.41) is 16.1. The van der Waals surface area contributed by atoms with Crippen molar-refractivity contribution in [2.75, 3.05) is 18.4 Å². The number of primary amides is 1. The normalized spacial score (nSPS) is 17.3. The van der Waals surface area contributed by atoms with Gasteiger partial charge in [-0.1, -0.05) is 28.1 Å². The molecule has 6 nitrogen and oxygen atoms in total. The van der Waals surface area contributed by atoms with E-state index in [1.165, 1.54) is 11.3 Å². The fourth-order valence-corrected chi connectivity index (χ4v) is 4.55. The first-order valence-corrected chi connectivity index (χ1v) is 10.1. The smallest absolute Gasteiger partial charge is 0.270 e. The molecule has 1 aromatic carbocycles. The summed E-state index contributed by atoms with van der Waals surface area (Å²) in [7, 11) is 0. The highest BCUT2D eigenvalue weighted by atomic mass is 79.9. The summed E-state index contributed by atoms with van der Waals surface area (Å²) in [5.41, 5.74) is 6.81. The van der Waals surface area contributed by atoms with Gasteiger partial charge < -0.3 is 16.4 Å². The van der Waals surface area contributed by atoms with Gasteiger partial charge >= 0.3 is 0 Å². The zero-order valence-electron chi connectivity index (χ0n) is 14.0. The lowest BCUT2D eigenvalue weighted by Gasteiger charge is -2.24. The second kappa shape index (κ2) is 7.30. The van der Waals surface area contributed by atoms with E-state index in [4.69, 9.17) is 5.73 Å². The number of hydrogen-bond donors (Lipinski definition) is 3. The summed E-state index contributed by atoms with van der Waals surface area (Å²) in [4.78, 5) is 12.8. The molecule has 134 valence electrons. The average Bonchev–Trinajstić information content (AvgIpc) is 3.09. The molecule has 2 aromatic heterocycles. The van der Waals surface area contributed by atoms with Crippen LogP contribution in [0.15, 0.2) is 34.8 Å². The van der Waals surface area contributed by atoms with Gasteiger partial charge in [0.15, 0.2) is 11.5 Å². The Morgan fingerprint density at radius 1 is 1.31 bits per heavy atom. The first kappa shape index (κ1) is 17.4. The fraction of sp³-hybridized carbons (Fsp3) is 0.278. The van der Waals surface area contributed by atoms with E-state index in [0.29, 0.717) is 11.9 Å². The highest BCUT2D eigenvalue weighted by molar-refractivity contribution is 9.10. The predicted molar refractivity (Wildman–Crippen MR) is 109 cm³/mol. The van der Waals surface area contributed by atoms with Crippen LogP contribution in [-0.4, -0.2) is 35.2 Å². The van der Waals surface area contributed by atoms with Gasteiger partial charge in [-0.25, -0.2) is 0 Å². The largest absolute Gasteiger partial charge is 0.364 e. The zero-order valence-corrected chi connectivity index (χ0v) is 16.4. The molecule has 1 fully saturated rings. The summed E-state index contributed by atoms with van der Waals surface area (Å²) in [5.74, 6) is 0.149. The van der Waals surface area contributed by atoms with Gasteiger partial charge in [0.1, 0.15) is 0 Å². The fourth-order valence-electron chi connectivity index (χ4n) is 3.13. The SMILES string of the molecule is NC(=O)c1nnc(NC2CCCNC2)c2cc(-c3ccc(Br)cc3)sc12. The van der Waals surface area contributed by atoms with Crippen molar-refractivity contribution in [3.8, 4) is 10.4 Å². The molecule has 1 atom stereocenters. The third-order valence-electron chi connectivity index (χ3n) is 4.45. The Labute approximate surface area is 163 Å². The molecular weight excluding hydrogens is 414 g/mol. The van der Waals surface area contributed by atoms with E-state index >= 15 is 0 Å². The highest BCUT2D eigenvalue weighted by Gasteiger charge is 2.20. The van der Waals surface area contributed by atoms with E-state index in [1.54, 1.807) is 0 Å². The number of piperidine rings is 1. The molecular formula is C18H18BrN5OS. The number of carbonyl (C=O) groups is 1. The van der Waals surface area contributed by atoms with Crippen molar-refractivity contribution in [2.24, 2.45) is 5.73 Å². The number of nitrogens with one attached hydrogen (secondary N) is 2. The van der Waals surface area contributed by atoms with E-state index < -0.39 is 5.91 Å². The number of halogens is 1. The van der Waals surface area contributed by atoms with E-state index in [1.807, 2.05) is 24.3 Å². The minimum atomic E-state index is -0.558. The Morgan fingerprint density at radius 3 is 2.81 bits per heavy atom. The Hall–Kier alpha value is -2.03. The second-order valence-electron chi connectivity index (χ2n) is 6.31. The van der Waals surface area contributed by atoms with Gasteiger partial charge in [0.25, 0.3) is 5.91 Å². The Morgan fingerprint density at radius 2 is 2.12 bits per heavy atom. The van der Waals surface area contributed by atoms with Crippen molar-refractivity contribution in [1.29, 1.82) is 0 Å². The van der Waals surface area contributed by atoms with Crippen molar-refractivity contribution in [3.63, 3.8) is 0 Å². The van der Waals surface area contributed by atoms with Crippen LogP contribution in [0.4, 0.5) is 5.82 Å². The molecule has 3 heterocycles. The second-order valence-corrected chi connectivity index (χ2v) is 8.28. The lowest BCUT2D eigenvalue weighted by atomic mass is 10.1. The number of amides is 1. The number of hydrogen-bond acceptors (Lipinski definition) is 6. The summed E-state index contributed by atoms with van der Waals surface area (Å²) in [6.07, 6.45) is 2.21. The van der Waals surface area contributed by atoms with Gasteiger partial charge in [0.2, 0.25) is 0 Å². The average molecular weight is 432 g/mol. The van der Waals surface area contributed by atoms with Crippen molar-refractivity contribution in [2.45, 2.75) is 18.9 Å². The standard InChI is InChI=1S/C18H18BrN5OS/c19-11-5-3-10(4-6-11)14-8-13-16(26-14)15(17(20)25)23-24-18(13)22-12-2-1-7-21-9-12/h3-6,8,12,21H,1-2,7,9H2,(H2,20,25)(H,22,24). The summed E-state index contributed by atoms with van der Waals surface area (Å²) < 4.78 is 1.80. The molecule has 1 aliphatic rings. The maximum Gasteiger partial charge on any atom is 0.270 e. The number of rotatable bonds is 4. The van der Waals surface area contributed by atoms with E-state index in [9.17, 15) is 4.79 Å². The Kier molecular flexibility index (Phi) is 4.88. The lowest BCUT2D eigenvalue weighted by Crippen LogP contribution is -2.38. The van der Waals surface area contributed by atoms with E-state index in [-0.39, 0.29) is 5.69 Å². The number of thiophene rings is 1. The number of aromatic nitrogens is 2. The third-order valence-corrected chi connectivity index (χ3v) is 6.17. The molecule has 0 saturated carbocycles. The number of fused-ring (bicyclic) bond motifs is 1. The first-order chi connectivity index (χ1) is 12.6. The molecule has 0 spiro atoms. The van der Waals surface area contributed by atoms with Crippen LogP contribution in [0, 0.1) is 0 Å². The predicted octanol–water partition coefficient (Wildman–Crippen LogP) is 3.38. The number of carbonyl (C=O) groups excluding carboxylic acids is 1. The quantitative estimate of drug-likeness (QED) is 0.588. The van der Waals surface area contributed by atoms with Crippen LogP contribution >= 0.6 is 27.3 Å². The molecule has 8 heteroatoms. The molecule has 3 aromatic rings. The van der Waals surface area contributed by atoms with E-state index in [2.05, 4.69) is 42.8 Å². The summed E-state index contributed by atoms with van der Waals surface area (Å²) >= 11 is 4.97. The molecule has 4 N–H and O–H groups in total. The van der Waals surface area contributed by atoms with Crippen molar-refractivity contribution < 1.29 is 4.79 Å². The topological polar surface area (TPSA) is 92.9 Å². The number of nitrogens with two attached hydrogens (primary N) is 1. The number of nitrogens with zero attached hydrogens (tertiary/aromatic N) is 2. The minimum absolute atomic E-state index is 0.223. The molecule has 26 heavy (non-hydrogen) atoms. The van der Waals surface area contributed by atoms with Gasteiger partial charge in [-0.2, -0.15) is 0 Å². The van der Waals surface area contributed by atoms with Crippen LogP contribution in [-0.2, 0) is 0 Å². The molecule has 1 saturated heterocycles. The van der Waals surface area contributed by atoms with E-state index in [0.717, 1.165) is 50.9 Å². The van der Waals surface area contributed by atoms with Crippen molar-refractivity contribution in [3.05, 3.63) is 40.5 Å². The number of anilines is 1. The molecule has 0 bridgehead atoms. The summed E-state index contributed by atoms with van der Waals surface area (Å²) in [6.45, 7) is 1.94. The van der Waals surface area contributed by atoms with Gasteiger partial charge in [-0.15, -0.1) is 21.5 Å². The van der Waals surface area contributed by atoms with Crippen LogP contribution in [0.25, 0.3) is 20.5 Å². The van der Waals surface area contributed by atoms with Crippen LogP contribution in [0.5, 0.6) is 0 Å². The Bertz CT molecular complexity index is 950. The maximum absolute atomic E-state index is 11.8. The Balaban J connectivity index is 1.78. The summed E-state index contributed by atoms with van der Waals surface area (Å²) in [6, 6.07) is 10.4.